The van der Waals surface area contributed by atoms with E-state index in [9.17, 15) is 14.3 Å². The van der Waals surface area contributed by atoms with Crippen molar-refractivity contribution in [3.05, 3.63) is 66.9 Å². The molecule has 1 unspecified atom stereocenters. The summed E-state index contributed by atoms with van der Waals surface area (Å²) in [7, 11) is -2.43. The van der Waals surface area contributed by atoms with Crippen molar-refractivity contribution in [1.82, 2.24) is 53.0 Å². The normalized spacial score (nSPS) is 21.7. The Morgan fingerprint density at radius 3 is 1.68 bits per heavy atom. The monoisotopic (exact) mass is 1140 g/mol. The Balaban J connectivity index is 0.000000224. The predicted molar refractivity (Wildman–Crippen MR) is 301 cm³/mol. The number of aryl methyl sites for hydroxylation is 1. The summed E-state index contributed by atoms with van der Waals surface area (Å²) in [5, 5.41) is 30.3. The van der Waals surface area contributed by atoms with E-state index >= 15 is 4.39 Å². The van der Waals surface area contributed by atoms with Crippen LogP contribution in [0.3, 0.4) is 0 Å². The first-order chi connectivity index (χ1) is 37.6. The number of hydrogen-bond donors (Lipinski definition) is 2. The van der Waals surface area contributed by atoms with Gasteiger partial charge < -0.3 is 33.5 Å². The van der Waals surface area contributed by atoms with Gasteiger partial charge in [-0.25, -0.2) is 52.7 Å². The summed E-state index contributed by atoms with van der Waals surface area (Å²) in [5.41, 5.74) is 2.96. The van der Waals surface area contributed by atoms with Crippen LogP contribution in [0.1, 0.15) is 151 Å². The average Bonchev–Trinajstić information content (AvgIpc) is 4.18. The molecule has 2 N–H and O–H groups in total. The maximum Gasteiger partial charge on any atom is 0.259 e. The zero-order valence-electron chi connectivity index (χ0n) is 48.4. The molecular weight excluding hydrogens is 1060 g/mol. The number of nitriles is 2. The molecule has 21 nitrogen and oxygen atoms in total. The van der Waals surface area contributed by atoms with Crippen LogP contribution in [0.2, 0.25) is 0 Å². The third kappa shape index (κ3) is 16.2. The number of nitrogens with one attached hydrogen (secondary N) is 1. The highest BCUT2D eigenvalue weighted by molar-refractivity contribution is 7.47. The van der Waals surface area contributed by atoms with Crippen LogP contribution in [-0.4, -0.2) is 150 Å². The Bertz CT molecular complexity index is 2700. The second-order valence-corrected chi connectivity index (χ2v) is 23.8. The zero-order chi connectivity index (χ0) is 58.2. The van der Waals surface area contributed by atoms with Gasteiger partial charge in [0.2, 0.25) is 0 Å². The number of hydrogen-bond acceptors (Lipinski definition) is 18. The molecule has 2 fully saturated rings. The minimum Gasteiger partial charge on any atom is -0.387 e. The summed E-state index contributed by atoms with van der Waals surface area (Å²) in [6.45, 7) is 32.2. The van der Waals surface area contributed by atoms with E-state index in [0.717, 1.165) is 5.69 Å². The van der Waals surface area contributed by atoms with Gasteiger partial charge in [0, 0.05) is 41.8 Å². The first-order valence-electron chi connectivity index (χ1n) is 27.2. The fourth-order valence-electron chi connectivity index (χ4n) is 9.50. The highest BCUT2D eigenvalue weighted by Gasteiger charge is 2.49. The van der Waals surface area contributed by atoms with Gasteiger partial charge in [-0.05, 0) is 115 Å². The number of imidazole rings is 2. The number of halogens is 2. The molecular formula is C54H82F2N14O7P2. The molecule has 6 heterocycles. The third-order valence-corrected chi connectivity index (χ3v) is 18.1. The van der Waals surface area contributed by atoms with Crippen molar-refractivity contribution in [2.75, 3.05) is 18.5 Å². The van der Waals surface area contributed by atoms with Crippen LogP contribution >= 0.6 is 17.0 Å². The van der Waals surface area contributed by atoms with Crippen LogP contribution in [0.5, 0.6) is 0 Å². The molecule has 7 rings (SSSR count). The van der Waals surface area contributed by atoms with Gasteiger partial charge in [-0.2, -0.15) is 10.5 Å². The maximum absolute atomic E-state index is 15.8. The Morgan fingerprint density at radius 1 is 0.696 bits per heavy atom. The van der Waals surface area contributed by atoms with Gasteiger partial charge in [0.25, 0.3) is 14.4 Å². The summed E-state index contributed by atoms with van der Waals surface area (Å²) in [4.78, 5) is 37.6. The largest absolute Gasteiger partial charge is 0.387 e. The van der Waals surface area contributed by atoms with Crippen LogP contribution in [-0.2, 0) is 23.0 Å². The Morgan fingerprint density at radius 2 is 1.18 bits per heavy atom. The number of nitrogens with zero attached hydrogens (tertiary/aromatic N) is 13. The SMILES string of the molecule is CC(C)N(C(C)C)P(OCCC#N)N(C(C)C)C(C)C.CC[C@H]1O[C@@H](n2cnc3c(C)ncnc32)[C@H](F)[C@@H]1OP(OCCC#N)N(C(C)C)C(C)C.CC[C@H]1O[C@@H](n2cnc3c(NC(=O)c4ccccc4)ncnc32)[C@H](F)[C@@H]1O. The second kappa shape index (κ2) is 30.8. The molecule has 0 spiro atoms. The van der Waals surface area contributed by atoms with E-state index in [1.807, 2.05) is 54.5 Å². The fraction of sp³-hybridized carbons (Fsp3) is 0.648. The van der Waals surface area contributed by atoms with Gasteiger partial charge in [-0.1, -0.05) is 32.0 Å². The molecule has 1 amide bonds. The number of fused-ring (bicyclic) bond motifs is 2. The van der Waals surface area contributed by atoms with Gasteiger partial charge in [-0.3, -0.25) is 13.9 Å². The van der Waals surface area contributed by atoms with E-state index in [1.165, 1.54) is 23.5 Å². The fourth-order valence-corrected chi connectivity index (χ4v) is 13.6. The van der Waals surface area contributed by atoms with E-state index in [4.69, 9.17) is 33.6 Å². The topological polar surface area (TPSA) is 240 Å². The van der Waals surface area contributed by atoms with Crippen molar-refractivity contribution < 1.29 is 41.7 Å². The predicted octanol–water partition coefficient (Wildman–Crippen LogP) is 10.9. The quantitative estimate of drug-likeness (QED) is 0.0456. The van der Waals surface area contributed by atoms with Crippen LogP contribution < -0.4 is 5.32 Å². The molecule has 4 aromatic heterocycles. The number of amides is 1. The van der Waals surface area contributed by atoms with Gasteiger partial charge >= 0.3 is 0 Å². The smallest absolute Gasteiger partial charge is 0.259 e. The zero-order valence-corrected chi connectivity index (χ0v) is 50.2. The Labute approximate surface area is 467 Å². The molecule has 2 aliphatic rings. The van der Waals surface area contributed by atoms with Gasteiger partial charge in [0.1, 0.15) is 30.4 Å². The number of alkyl halides is 2. The Hall–Kier alpha value is -4.87. The molecule has 2 saturated heterocycles. The minimum absolute atomic E-state index is 0.122. The van der Waals surface area contributed by atoms with E-state index in [1.54, 1.807) is 35.2 Å². The highest BCUT2D eigenvalue weighted by atomic mass is 31.2. The van der Waals surface area contributed by atoms with Crippen molar-refractivity contribution in [2.45, 2.75) is 215 Å². The number of aliphatic hydroxyl groups is 1. The van der Waals surface area contributed by atoms with Crippen molar-refractivity contribution in [1.29, 1.82) is 10.5 Å². The molecule has 79 heavy (non-hydrogen) atoms. The molecule has 1 aromatic carbocycles. The molecule has 0 aliphatic carbocycles. The lowest BCUT2D eigenvalue weighted by Crippen LogP contribution is -2.43. The van der Waals surface area contributed by atoms with Crippen LogP contribution in [0.25, 0.3) is 22.3 Å². The average molecular weight is 1140 g/mol. The van der Waals surface area contributed by atoms with Gasteiger partial charge in [0.15, 0.2) is 55.9 Å². The lowest BCUT2D eigenvalue weighted by Gasteiger charge is -2.45. The maximum atomic E-state index is 15.8. The van der Waals surface area contributed by atoms with E-state index < -0.39 is 66.2 Å². The second-order valence-electron chi connectivity index (χ2n) is 20.7. The van der Waals surface area contributed by atoms with Crippen molar-refractivity contribution >= 4 is 51.0 Å². The summed E-state index contributed by atoms with van der Waals surface area (Å²) in [5.74, 6) is -0.124. The number of carbonyl (C=O) groups is 1. The molecule has 9 atom stereocenters. The summed E-state index contributed by atoms with van der Waals surface area (Å²) in [6.07, 6.45) is -0.718. The molecule has 0 saturated carbocycles. The molecule has 2 aliphatic heterocycles. The number of rotatable bonds is 23. The van der Waals surface area contributed by atoms with Crippen molar-refractivity contribution in [3.8, 4) is 12.1 Å². The summed E-state index contributed by atoms with van der Waals surface area (Å²) < 4.78 is 70.5. The summed E-state index contributed by atoms with van der Waals surface area (Å²) >= 11 is 0. The number of aromatic nitrogens is 8. The minimum atomic E-state index is -1.61. The van der Waals surface area contributed by atoms with E-state index in [0.29, 0.717) is 77.9 Å². The Kier molecular flexibility index (Phi) is 25.3. The van der Waals surface area contributed by atoms with E-state index in [-0.39, 0.29) is 36.8 Å². The number of aliphatic hydroxyl groups excluding tert-OH is 1. The third-order valence-electron chi connectivity index (χ3n) is 12.9. The molecule has 0 radical (unpaired) electrons. The lowest BCUT2D eigenvalue weighted by molar-refractivity contribution is -0.0238. The number of ether oxygens (including phenoxy) is 2. The first kappa shape index (κ1) is 64.9. The lowest BCUT2D eigenvalue weighted by atomic mass is 10.1. The number of anilines is 1. The molecule has 25 heteroatoms. The molecule has 5 aromatic rings. The summed E-state index contributed by atoms with van der Waals surface area (Å²) in [6, 6.07) is 14.9. The van der Waals surface area contributed by atoms with Crippen LogP contribution in [0, 0.1) is 29.6 Å². The standard InChI is InChI=1S/C21H32FN6O3P.C18H18FN5O3.C15H32N3OP/c1-7-16-19(31-32(29-10-8-9-23)28(13(2)3)14(4)5)17(22)21(30-16)27-12-26-18-15(6)24-11-25-20(18)27;1-2-11-14(25)12(19)18(27-11)24-9-22-13-15(20-8-21-16(13)24)23-17(26)10-6-4-3-5-7-10;1-12(2)17(13(3)4)20(19-11-9-10-16)18(14(5)6)15(7)8/h11-14,16-17,19,21H,7-8,10H2,1-6H3;3-9,11-12,14,18,25H,2H2,1H3,(H,20,21,23,26);12-15H,9,11H2,1-8H3/t16-,17-,19-,21-,32?;11-,12-,14-,18-;/m11./s1. The van der Waals surface area contributed by atoms with Crippen LogP contribution in [0.4, 0.5) is 14.6 Å². The van der Waals surface area contributed by atoms with Crippen LogP contribution in [0.15, 0.2) is 55.6 Å². The van der Waals surface area contributed by atoms with Crippen molar-refractivity contribution in [3.63, 3.8) is 0 Å². The first-order valence-corrected chi connectivity index (χ1v) is 29.5. The molecule has 0 bridgehead atoms. The van der Waals surface area contributed by atoms with Crippen molar-refractivity contribution in [2.24, 2.45) is 0 Å². The molecule has 434 valence electrons. The van der Waals surface area contributed by atoms with Gasteiger partial charge in [0.05, 0.1) is 68.8 Å². The number of benzene rings is 1. The highest BCUT2D eigenvalue weighted by Crippen LogP contribution is 2.52. The van der Waals surface area contributed by atoms with E-state index in [2.05, 4.69) is 117 Å². The van der Waals surface area contributed by atoms with Gasteiger partial charge in [-0.15, -0.1) is 0 Å². The number of carbonyl (C=O) groups excluding carboxylic acids is 1.